The largest absolute Gasteiger partial charge is 0.493 e. The molecule has 2 heterocycles. The van der Waals surface area contributed by atoms with Crippen molar-refractivity contribution in [3.63, 3.8) is 0 Å². The van der Waals surface area contributed by atoms with E-state index in [0.717, 1.165) is 20.6 Å². The molecule has 3 rings (SSSR count). The van der Waals surface area contributed by atoms with E-state index in [1.54, 1.807) is 14.2 Å². The number of anilines is 1. The molecule has 0 spiro atoms. The Bertz CT molecular complexity index is 926. The number of rotatable bonds is 8. The number of thiazole rings is 1. The van der Waals surface area contributed by atoms with E-state index < -0.39 is 0 Å². The van der Waals surface area contributed by atoms with Crippen LogP contribution in [0.25, 0.3) is 11.3 Å². The zero-order chi connectivity index (χ0) is 19.2. The van der Waals surface area contributed by atoms with E-state index in [0.29, 0.717) is 28.8 Å². The molecular formula is C17H18N4O3S3. The summed E-state index contributed by atoms with van der Waals surface area (Å²) in [5.74, 6) is 1.87. The summed E-state index contributed by atoms with van der Waals surface area (Å²) in [6, 6.07) is 5.60. The molecule has 27 heavy (non-hydrogen) atoms. The van der Waals surface area contributed by atoms with E-state index in [2.05, 4.69) is 20.5 Å². The van der Waals surface area contributed by atoms with Crippen LogP contribution in [0.5, 0.6) is 11.5 Å². The van der Waals surface area contributed by atoms with E-state index >= 15 is 0 Å². The zero-order valence-corrected chi connectivity index (χ0v) is 17.5. The van der Waals surface area contributed by atoms with Gasteiger partial charge < -0.3 is 14.8 Å². The number of nitrogens with zero attached hydrogens (tertiary/aromatic N) is 3. The Morgan fingerprint density at radius 2 is 2.04 bits per heavy atom. The third kappa shape index (κ3) is 5.18. The second kappa shape index (κ2) is 9.16. The Kier molecular flexibility index (Phi) is 6.64. The van der Waals surface area contributed by atoms with Crippen LogP contribution in [0.15, 0.2) is 27.9 Å². The van der Waals surface area contributed by atoms with Crippen LogP contribution >= 0.6 is 34.4 Å². The normalized spacial score (nSPS) is 10.6. The van der Waals surface area contributed by atoms with Gasteiger partial charge in [0.05, 0.1) is 19.9 Å². The van der Waals surface area contributed by atoms with Gasteiger partial charge >= 0.3 is 0 Å². The lowest BCUT2D eigenvalue weighted by Gasteiger charge is -2.08. The number of amides is 1. The van der Waals surface area contributed by atoms with Crippen molar-refractivity contribution in [2.75, 3.05) is 25.3 Å². The summed E-state index contributed by atoms with van der Waals surface area (Å²) in [7, 11) is 3.19. The van der Waals surface area contributed by atoms with Crippen molar-refractivity contribution < 1.29 is 14.3 Å². The highest BCUT2D eigenvalue weighted by Crippen LogP contribution is 2.33. The summed E-state index contributed by atoms with van der Waals surface area (Å²) < 4.78 is 11.4. The number of methoxy groups -OCH3 is 2. The van der Waals surface area contributed by atoms with Crippen molar-refractivity contribution in [1.82, 2.24) is 15.2 Å². The number of carbonyl (C=O) groups excluding carboxylic acids is 1. The molecule has 1 amide bonds. The minimum absolute atomic E-state index is 0.0723. The number of nitrogens with one attached hydrogen (secondary N) is 1. The monoisotopic (exact) mass is 422 g/mol. The number of hydrogen-bond acceptors (Lipinski definition) is 9. The number of benzene rings is 1. The Morgan fingerprint density at radius 1 is 1.22 bits per heavy atom. The lowest BCUT2D eigenvalue weighted by molar-refractivity contribution is -0.115. The summed E-state index contributed by atoms with van der Waals surface area (Å²) >= 11 is 4.45. The van der Waals surface area contributed by atoms with Crippen LogP contribution in [0.3, 0.4) is 0 Å². The fourth-order valence-corrected chi connectivity index (χ4v) is 4.77. The van der Waals surface area contributed by atoms with Gasteiger partial charge in [0.25, 0.3) is 0 Å². The fourth-order valence-electron chi connectivity index (χ4n) is 2.21. The summed E-state index contributed by atoms with van der Waals surface area (Å²) in [5, 5.41) is 14.2. The highest BCUT2D eigenvalue weighted by atomic mass is 32.2. The van der Waals surface area contributed by atoms with Crippen LogP contribution in [0.2, 0.25) is 0 Å². The molecule has 0 saturated heterocycles. The van der Waals surface area contributed by atoms with Gasteiger partial charge in [-0.1, -0.05) is 23.1 Å². The Labute approximate surface area is 169 Å². The van der Waals surface area contributed by atoms with Gasteiger partial charge in [0.1, 0.15) is 5.01 Å². The molecule has 0 bridgehead atoms. The topological polar surface area (TPSA) is 86.2 Å². The van der Waals surface area contributed by atoms with E-state index in [1.165, 1.54) is 34.4 Å². The maximum atomic E-state index is 12.1. The molecule has 0 aliphatic rings. The summed E-state index contributed by atoms with van der Waals surface area (Å²) in [4.78, 5) is 16.6. The molecule has 0 saturated carbocycles. The van der Waals surface area contributed by atoms with Crippen LogP contribution in [-0.2, 0) is 4.79 Å². The zero-order valence-electron chi connectivity index (χ0n) is 15.0. The Hall–Kier alpha value is -2.17. The van der Waals surface area contributed by atoms with Crippen molar-refractivity contribution in [2.45, 2.75) is 17.7 Å². The van der Waals surface area contributed by atoms with Gasteiger partial charge in [-0.2, -0.15) is 0 Å². The quantitative estimate of drug-likeness (QED) is 0.547. The maximum Gasteiger partial charge on any atom is 0.226 e. The first-order chi connectivity index (χ1) is 13.1. The third-order valence-corrected chi connectivity index (χ3v) is 6.22. The number of ether oxygens (including phenoxy) is 2. The summed E-state index contributed by atoms with van der Waals surface area (Å²) in [6.07, 6.45) is 0.383. The van der Waals surface area contributed by atoms with Crippen LogP contribution in [0, 0.1) is 6.92 Å². The van der Waals surface area contributed by atoms with E-state index in [1.807, 2.05) is 30.5 Å². The first-order valence-corrected chi connectivity index (χ1v) is 10.7. The average molecular weight is 423 g/mol. The number of aromatic nitrogens is 3. The Balaban J connectivity index is 1.56. The molecule has 1 N–H and O–H groups in total. The second-order valence-electron chi connectivity index (χ2n) is 5.34. The second-order valence-corrected chi connectivity index (χ2v) is 8.72. The molecule has 0 aliphatic heterocycles. The molecule has 3 aromatic rings. The van der Waals surface area contributed by atoms with Gasteiger partial charge in [-0.3, -0.25) is 4.79 Å². The van der Waals surface area contributed by atoms with Crippen LogP contribution in [-0.4, -0.2) is 41.1 Å². The highest BCUT2D eigenvalue weighted by molar-refractivity contribution is 8.01. The molecule has 0 fully saturated rings. The highest BCUT2D eigenvalue weighted by Gasteiger charge is 2.11. The molecule has 10 heteroatoms. The fraction of sp³-hybridized carbons (Fsp3) is 0.294. The van der Waals surface area contributed by atoms with E-state index in [9.17, 15) is 4.79 Å². The predicted octanol–water partition coefficient (Wildman–Crippen LogP) is 4.11. The Morgan fingerprint density at radius 3 is 2.74 bits per heavy atom. The standard InChI is InChI=1S/C17H18N4O3S3/c1-10-20-21-17(27-10)25-7-6-15(22)19-16-18-12(9-26-16)11-4-5-13(23-2)14(8-11)24-3/h4-5,8-9H,6-7H2,1-3H3,(H,18,19,22). The first-order valence-electron chi connectivity index (χ1n) is 7.99. The van der Waals surface area contributed by atoms with E-state index in [-0.39, 0.29) is 5.91 Å². The average Bonchev–Trinajstić information content (AvgIpc) is 3.30. The van der Waals surface area contributed by atoms with Crippen LogP contribution in [0.1, 0.15) is 11.4 Å². The maximum absolute atomic E-state index is 12.1. The molecular weight excluding hydrogens is 404 g/mol. The van der Waals surface area contributed by atoms with Gasteiger partial charge in [-0.15, -0.1) is 21.5 Å². The van der Waals surface area contributed by atoms with Gasteiger partial charge in [0.2, 0.25) is 5.91 Å². The molecule has 0 radical (unpaired) electrons. The molecule has 7 nitrogen and oxygen atoms in total. The first kappa shape index (κ1) is 19.6. The molecule has 142 valence electrons. The van der Waals surface area contributed by atoms with Gasteiger partial charge in [0.15, 0.2) is 21.0 Å². The lowest BCUT2D eigenvalue weighted by atomic mass is 10.1. The van der Waals surface area contributed by atoms with E-state index in [4.69, 9.17) is 9.47 Å². The molecule has 0 unspecified atom stereocenters. The summed E-state index contributed by atoms with van der Waals surface area (Å²) in [5.41, 5.74) is 1.67. The van der Waals surface area contributed by atoms with Crippen LogP contribution < -0.4 is 14.8 Å². The van der Waals surface area contributed by atoms with Crippen LogP contribution in [0.4, 0.5) is 5.13 Å². The van der Waals surface area contributed by atoms with Gasteiger partial charge in [0, 0.05) is 23.1 Å². The number of hydrogen-bond donors (Lipinski definition) is 1. The molecule has 0 aliphatic carbocycles. The van der Waals surface area contributed by atoms with Crippen molar-refractivity contribution in [1.29, 1.82) is 0 Å². The summed E-state index contributed by atoms with van der Waals surface area (Å²) in [6.45, 7) is 1.91. The van der Waals surface area contributed by atoms with Gasteiger partial charge in [-0.25, -0.2) is 4.98 Å². The van der Waals surface area contributed by atoms with Gasteiger partial charge in [-0.05, 0) is 25.1 Å². The molecule has 1 aromatic carbocycles. The molecule has 2 aromatic heterocycles. The SMILES string of the molecule is COc1ccc(-c2csc(NC(=O)CCSc3nnc(C)s3)n2)cc1OC. The minimum atomic E-state index is -0.0723. The number of carbonyl (C=O) groups is 1. The van der Waals surface area contributed by atoms with Crippen molar-refractivity contribution in [3.05, 3.63) is 28.6 Å². The number of aryl methyl sites for hydroxylation is 1. The lowest BCUT2D eigenvalue weighted by Crippen LogP contribution is -2.11. The number of thioether (sulfide) groups is 1. The van der Waals surface area contributed by atoms with Crippen molar-refractivity contribution in [3.8, 4) is 22.8 Å². The van der Waals surface area contributed by atoms with Crippen molar-refractivity contribution in [2.24, 2.45) is 0 Å². The predicted molar refractivity (Wildman–Crippen MR) is 109 cm³/mol. The minimum Gasteiger partial charge on any atom is -0.493 e. The molecule has 0 atom stereocenters. The smallest absolute Gasteiger partial charge is 0.226 e. The third-order valence-electron chi connectivity index (χ3n) is 3.49. The van der Waals surface area contributed by atoms with Crippen molar-refractivity contribution >= 4 is 45.5 Å².